The van der Waals surface area contributed by atoms with Gasteiger partial charge in [0.05, 0.1) is 35.9 Å². The van der Waals surface area contributed by atoms with Gasteiger partial charge in [-0.15, -0.1) is 0 Å². The molecule has 0 radical (unpaired) electrons. The monoisotopic (exact) mass is 352 g/mol. The van der Waals surface area contributed by atoms with Crippen molar-refractivity contribution in [2.45, 2.75) is 55.7 Å². The quantitative estimate of drug-likeness (QED) is 0.807. The highest BCUT2D eigenvalue weighted by atomic mass is 32.2. The number of hydrogen-bond acceptors (Lipinski definition) is 5. The van der Waals surface area contributed by atoms with E-state index in [4.69, 9.17) is 9.47 Å². The maximum Gasteiger partial charge on any atom is 0.216 e. The number of nitrogens with zero attached hydrogens (tertiary/aromatic N) is 2. The van der Waals surface area contributed by atoms with Gasteiger partial charge in [-0.05, 0) is 37.8 Å². The van der Waals surface area contributed by atoms with E-state index in [0.717, 1.165) is 37.8 Å². The predicted octanol–water partition coefficient (Wildman–Crippen LogP) is 1.71. The lowest BCUT2D eigenvalue weighted by molar-refractivity contribution is -0.0344. The molecule has 1 spiro atoms. The Balaban J connectivity index is 1.29. The minimum Gasteiger partial charge on any atom is -0.372 e. The van der Waals surface area contributed by atoms with E-state index >= 15 is 0 Å². The molecule has 0 N–H and O–H groups in total. The molecule has 0 amide bonds. The Morgan fingerprint density at radius 3 is 2.75 bits per heavy atom. The molecule has 2 saturated heterocycles. The fourth-order valence-corrected chi connectivity index (χ4v) is 5.51. The van der Waals surface area contributed by atoms with Gasteiger partial charge in [0.2, 0.25) is 10.0 Å². The summed E-state index contributed by atoms with van der Waals surface area (Å²) in [5.41, 5.74) is 0.716. The lowest BCUT2D eigenvalue weighted by atomic mass is 9.89. The SMILES string of the molecule is O=S(=O)(C1CC1)N1CCC2(CC1)CC(OCc1ccccn1)CO2. The Morgan fingerprint density at radius 2 is 2.08 bits per heavy atom. The van der Waals surface area contributed by atoms with Crippen molar-refractivity contribution < 1.29 is 17.9 Å². The zero-order valence-corrected chi connectivity index (χ0v) is 14.6. The molecule has 1 aliphatic carbocycles. The highest BCUT2D eigenvalue weighted by Gasteiger charge is 2.47. The Morgan fingerprint density at radius 1 is 1.29 bits per heavy atom. The van der Waals surface area contributed by atoms with E-state index in [1.807, 2.05) is 18.2 Å². The molecule has 2 aliphatic heterocycles. The van der Waals surface area contributed by atoms with Gasteiger partial charge in [0.15, 0.2) is 0 Å². The Hall–Kier alpha value is -1.02. The Kier molecular flexibility index (Phi) is 4.36. The molecule has 3 heterocycles. The van der Waals surface area contributed by atoms with Crippen LogP contribution in [-0.2, 0) is 26.1 Å². The largest absolute Gasteiger partial charge is 0.372 e. The number of pyridine rings is 1. The molecule has 1 aromatic heterocycles. The number of ether oxygens (including phenoxy) is 2. The highest BCUT2D eigenvalue weighted by molar-refractivity contribution is 7.90. The average molecular weight is 352 g/mol. The third-order valence-electron chi connectivity index (χ3n) is 5.31. The van der Waals surface area contributed by atoms with Crippen molar-refractivity contribution in [1.29, 1.82) is 0 Å². The molecule has 1 saturated carbocycles. The van der Waals surface area contributed by atoms with Gasteiger partial charge in [-0.2, -0.15) is 0 Å². The molecule has 0 bridgehead atoms. The molecule has 24 heavy (non-hydrogen) atoms. The van der Waals surface area contributed by atoms with E-state index in [2.05, 4.69) is 4.98 Å². The molecular weight excluding hydrogens is 328 g/mol. The molecule has 1 atom stereocenters. The van der Waals surface area contributed by atoms with Gasteiger partial charge in [0.25, 0.3) is 0 Å². The van der Waals surface area contributed by atoms with Gasteiger partial charge >= 0.3 is 0 Å². The summed E-state index contributed by atoms with van der Waals surface area (Å²) in [6, 6.07) is 5.79. The van der Waals surface area contributed by atoms with Crippen molar-refractivity contribution in [3.05, 3.63) is 30.1 Å². The normalized spacial score (nSPS) is 27.6. The maximum atomic E-state index is 12.3. The number of hydrogen-bond donors (Lipinski definition) is 0. The van der Waals surface area contributed by atoms with E-state index in [1.54, 1.807) is 10.5 Å². The molecule has 1 unspecified atom stereocenters. The van der Waals surface area contributed by atoms with Crippen molar-refractivity contribution in [1.82, 2.24) is 9.29 Å². The number of piperidine rings is 1. The summed E-state index contributed by atoms with van der Waals surface area (Å²) >= 11 is 0. The van der Waals surface area contributed by atoms with E-state index in [1.165, 1.54) is 0 Å². The van der Waals surface area contributed by atoms with Gasteiger partial charge in [0, 0.05) is 25.7 Å². The third-order valence-corrected chi connectivity index (χ3v) is 7.71. The Labute approximate surface area is 143 Å². The average Bonchev–Trinajstić information content (AvgIpc) is 3.39. The second-order valence-corrected chi connectivity index (χ2v) is 9.31. The lowest BCUT2D eigenvalue weighted by Gasteiger charge is -2.38. The first-order chi connectivity index (χ1) is 11.6. The predicted molar refractivity (Wildman–Crippen MR) is 88.9 cm³/mol. The summed E-state index contributed by atoms with van der Waals surface area (Å²) in [5, 5.41) is -0.120. The molecule has 4 rings (SSSR count). The summed E-state index contributed by atoms with van der Waals surface area (Å²) in [6.45, 7) is 2.23. The summed E-state index contributed by atoms with van der Waals surface area (Å²) in [7, 11) is -3.06. The summed E-state index contributed by atoms with van der Waals surface area (Å²) in [4.78, 5) is 4.26. The van der Waals surface area contributed by atoms with Crippen LogP contribution in [0.4, 0.5) is 0 Å². The zero-order valence-electron chi connectivity index (χ0n) is 13.8. The van der Waals surface area contributed by atoms with Crippen LogP contribution < -0.4 is 0 Å². The number of sulfonamides is 1. The summed E-state index contributed by atoms with van der Waals surface area (Å²) in [6.07, 6.45) is 5.86. The van der Waals surface area contributed by atoms with Crippen molar-refractivity contribution in [3.63, 3.8) is 0 Å². The van der Waals surface area contributed by atoms with Gasteiger partial charge in [0.1, 0.15) is 0 Å². The van der Waals surface area contributed by atoms with Crippen molar-refractivity contribution in [3.8, 4) is 0 Å². The fourth-order valence-electron chi connectivity index (χ4n) is 3.67. The Bertz CT molecular complexity index is 667. The standard InChI is InChI=1S/C17H24N2O4S/c20-24(21,16-4-5-16)19-9-6-17(7-10-19)11-15(13-23-17)22-12-14-3-1-2-8-18-14/h1-3,8,15-16H,4-7,9-13H2. The van der Waals surface area contributed by atoms with Crippen LogP contribution in [0.3, 0.4) is 0 Å². The molecule has 1 aromatic rings. The topological polar surface area (TPSA) is 68.7 Å². The molecule has 6 nitrogen and oxygen atoms in total. The van der Waals surface area contributed by atoms with Crippen LogP contribution in [0.1, 0.15) is 37.8 Å². The fraction of sp³-hybridized carbons (Fsp3) is 0.706. The minimum atomic E-state index is -3.06. The smallest absolute Gasteiger partial charge is 0.216 e. The first kappa shape index (κ1) is 16.4. The van der Waals surface area contributed by atoms with Gasteiger partial charge in [-0.25, -0.2) is 12.7 Å². The number of rotatable bonds is 5. The van der Waals surface area contributed by atoms with Crippen LogP contribution in [0.15, 0.2) is 24.4 Å². The van der Waals surface area contributed by atoms with Gasteiger partial charge in [-0.1, -0.05) is 6.07 Å². The minimum absolute atomic E-state index is 0.0681. The third kappa shape index (κ3) is 3.35. The molecule has 3 aliphatic rings. The van der Waals surface area contributed by atoms with Crippen molar-refractivity contribution in [2.24, 2.45) is 0 Å². The van der Waals surface area contributed by atoms with Crippen LogP contribution in [-0.4, -0.2) is 54.4 Å². The first-order valence-electron chi connectivity index (χ1n) is 8.72. The van der Waals surface area contributed by atoms with Crippen LogP contribution in [0.25, 0.3) is 0 Å². The first-order valence-corrected chi connectivity index (χ1v) is 10.2. The molecular formula is C17H24N2O4S. The van der Waals surface area contributed by atoms with E-state index < -0.39 is 10.0 Å². The number of aromatic nitrogens is 1. The molecule has 7 heteroatoms. The maximum absolute atomic E-state index is 12.3. The van der Waals surface area contributed by atoms with Crippen LogP contribution in [0.5, 0.6) is 0 Å². The molecule has 132 valence electrons. The van der Waals surface area contributed by atoms with Gasteiger partial charge < -0.3 is 9.47 Å². The summed E-state index contributed by atoms with van der Waals surface area (Å²) < 4.78 is 38.3. The second kappa shape index (κ2) is 6.37. The zero-order chi connectivity index (χ0) is 16.6. The van der Waals surface area contributed by atoms with Crippen LogP contribution >= 0.6 is 0 Å². The van der Waals surface area contributed by atoms with Crippen molar-refractivity contribution in [2.75, 3.05) is 19.7 Å². The van der Waals surface area contributed by atoms with Crippen LogP contribution in [0.2, 0.25) is 0 Å². The van der Waals surface area contributed by atoms with E-state index in [9.17, 15) is 8.42 Å². The summed E-state index contributed by atoms with van der Waals surface area (Å²) in [5.74, 6) is 0. The van der Waals surface area contributed by atoms with Crippen molar-refractivity contribution >= 4 is 10.0 Å². The highest BCUT2D eigenvalue weighted by Crippen LogP contribution is 2.40. The van der Waals surface area contributed by atoms with E-state index in [-0.39, 0.29) is 17.0 Å². The van der Waals surface area contributed by atoms with E-state index in [0.29, 0.717) is 26.3 Å². The van der Waals surface area contributed by atoms with Crippen LogP contribution in [0, 0.1) is 0 Å². The van der Waals surface area contributed by atoms with Gasteiger partial charge in [-0.3, -0.25) is 4.98 Å². The molecule has 3 fully saturated rings. The lowest BCUT2D eigenvalue weighted by Crippen LogP contribution is -2.47. The second-order valence-electron chi connectivity index (χ2n) is 7.10. The molecule has 0 aromatic carbocycles.